The molecule has 116 valence electrons. The smallest absolute Gasteiger partial charge is 0.226 e. The van der Waals surface area contributed by atoms with Crippen molar-refractivity contribution in [2.24, 2.45) is 0 Å². The van der Waals surface area contributed by atoms with E-state index in [1.807, 2.05) is 17.0 Å². The quantitative estimate of drug-likeness (QED) is 0.928. The Balaban J connectivity index is 1.74. The number of carbonyl (C=O) groups is 1. The highest BCUT2D eigenvalue weighted by Crippen LogP contribution is 2.36. The molecule has 2 fully saturated rings. The van der Waals surface area contributed by atoms with Gasteiger partial charge in [0.15, 0.2) is 0 Å². The number of hydrogen-bond acceptors (Lipinski definition) is 3. The van der Waals surface area contributed by atoms with E-state index in [2.05, 4.69) is 0 Å². The van der Waals surface area contributed by atoms with Crippen LogP contribution in [0.2, 0.25) is 0 Å². The van der Waals surface area contributed by atoms with Crippen molar-refractivity contribution in [3.63, 3.8) is 0 Å². The molecule has 1 aliphatic heterocycles. The Bertz CT molecular complexity index is 462. The summed E-state index contributed by atoms with van der Waals surface area (Å²) in [6.07, 6.45) is 9.81. The summed E-state index contributed by atoms with van der Waals surface area (Å²) < 4.78 is 5.55. The second kappa shape index (κ2) is 6.22. The summed E-state index contributed by atoms with van der Waals surface area (Å²) in [5.74, 6) is 0.964. The van der Waals surface area contributed by atoms with Gasteiger partial charge in [-0.15, -0.1) is 0 Å². The van der Waals surface area contributed by atoms with Crippen molar-refractivity contribution < 1.29 is 14.3 Å². The van der Waals surface area contributed by atoms with Crippen molar-refractivity contribution in [1.29, 1.82) is 0 Å². The molecule has 0 radical (unpaired) electrons. The van der Waals surface area contributed by atoms with Crippen LogP contribution in [0, 0.1) is 0 Å². The monoisotopic (exact) mass is 291 g/mol. The molecule has 0 aromatic carbocycles. The number of aliphatic hydroxyl groups is 1. The highest BCUT2D eigenvalue weighted by atomic mass is 16.3. The van der Waals surface area contributed by atoms with Crippen LogP contribution in [0.1, 0.15) is 69.6 Å². The Hall–Kier alpha value is -1.29. The van der Waals surface area contributed by atoms with Gasteiger partial charge in [-0.2, -0.15) is 0 Å². The molecule has 1 aliphatic carbocycles. The van der Waals surface area contributed by atoms with Crippen molar-refractivity contribution in [3.8, 4) is 0 Å². The molecule has 2 heterocycles. The third-order valence-corrected chi connectivity index (χ3v) is 4.96. The maximum absolute atomic E-state index is 12.7. The van der Waals surface area contributed by atoms with Gasteiger partial charge in [0.1, 0.15) is 5.76 Å². The van der Waals surface area contributed by atoms with Gasteiger partial charge < -0.3 is 14.4 Å². The molecule has 1 aromatic rings. The number of carbonyl (C=O) groups excluding carboxylic acids is 1. The minimum atomic E-state index is -0.767. The molecule has 1 saturated heterocycles. The minimum absolute atomic E-state index is 0.0417. The summed E-state index contributed by atoms with van der Waals surface area (Å²) >= 11 is 0. The fourth-order valence-electron chi connectivity index (χ4n) is 3.78. The average Bonchev–Trinajstić information content (AvgIpc) is 3.06. The molecule has 3 rings (SSSR count). The maximum atomic E-state index is 12.7. The lowest BCUT2D eigenvalue weighted by Gasteiger charge is -2.32. The first-order valence-corrected chi connectivity index (χ1v) is 8.23. The third kappa shape index (κ3) is 3.31. The van der Waals surface area contributed by atoms with Crippen LogP contribution < -0.4 is 0 Å². The number of rotatable bonds is 3. The van der Waals surface area contributed by atoms with Crippen LogP contribution in [-0.4, -0.2) is 28.1 Å². The molecule has 4 heteroatoms. The second-order valence-corrected chi connectivity index (χ2v) is 6.58. The maximum Gasteiger partial charge on any atom is 0.226 e. The Morgan fingerprint density at radius 3 is 2.81 bits per heavy atom. The van der Waals surface area contributed by atoms with Crippen LogP contribution in [0.25, 0.3) is 0 Å². The highest BCUT2D eigenvalue weighted by molar-refractivity contribution is 5.77. The zero-order valence-electron chi connectivity index (χ0n) is 12.6. The predicted octanol–water partition coefficient (Wildman–Crippen LogP) is 3.42. The summed E-state index contributed by atoms with van der Waals surface area (Å²) in [7, 11) is 0. The molecule has 1 unspecified atom stereocenters. The van der Waals surface area contributed by atoms with Crippen molar-refractivity contribution in [1.82, 2.24) is 4.90 Å². The van der Waals surface area contributed by atoms with Crippen LogP contribution in [0.4, 0.5) is 0 Å². The summed E-state index contributed by atoms with van der Waals surface area (Å²) in [6, 6.07) is 3.88. The van der Waals surface area contributed by atoms with E-state index >= 15 is 0 Å². The first-order valence-electron chi connectivity index (χ1n) is 8.23. The summed E-state index contributed by atoms with van der Waals surface area (Å²) in [5.41, 5.74) is -0.767. The van der Waals surface area contributed by atoms with Gasteiger partial charge in [-0.05, 0) is 37.8 Å². The Morgan fingerprint density at radius 2 is 2.10 bits per heavy atom. The third-order valence-electron chi connectivity index (χ3n) is 4.96. The minimum Gasteiger partial charge on any atom is -0.467 e. The van der Waals surface area contributed by atoms with E-state index < -0.39 is 5.60 Å². The normalized spacial score (nSPS) is 25.8. The molecule has 1 saturated carbocycles. The summed E-state index contributed by atoms with van der Waals surface area (Å²) in [6.45, 7) is 0.778. The van der Waals surface area contributed by atoms with Crippen molar-refractivity contribution >= 4 is 5.91 Å². The van der Waals surface area contributed by atoms with E-state index in [0.717, 1.165) is 63.7 Å². The summed E-state index contributed by atoms with van der Waals surface area (Å²) in [4.78, 5) is 14.7. The number of hydrogen-bond donors (Lipinski definition) is 1. The molecular weight excluding hydrogens is 266 g/mol. The fourth-order valence-corrected chi connectivity index (χ4v) is 3.78. The fraction of sp³-hybridized carbons (Fsp3) is 0.706. The van der Waals surface area contributed by atoms with E-state index in [4.69, 9.17) is 4.42 Å². The molecule has 0 bridgehead atoms. The lowest BCUT2D eigenvalue weighted by Crippen LogP contribution is -2.40. The molecule has 21 heavy (non-hydrogen) atoms. The lowest BCUT2D eigenvalue weighted by atomic mass is 9.96. The second-order valence-electron chi connectivity index (χ2n) is 6.58. The average molecular weight is 291 g/mol. The van der Waals surface area contributed by atoms with Crippen LogP contribution >= 0.6 is 0 Å². The van der Waals surface area contributed by atoms with Crippen LogP contribution in [-0.2, 0) is 4.79 Å². The molecule has 1 aromatic heterocycles. The molecule has 2 aliphatic rings. The zero-order chi connectivity index (χ0) is 14.7. The van der Waals surface area contributed by atoms with Crippen molar-refractivity contribution in [2.45, 2.75) is 69.4 Å². The van der Waals surface area contributed by atoms with Gasteiger partial charge in [-0.3, -0.25) is 4.79 Å². The number of nitrogens with zero attached hydrogens (tertiary/aromatic N) is 1. The molecule has 1 amide bonds. The number of amides is 1. The topological polar surface area (TPSA) is 53.7 Å². The van der Waals surface area contributed by atoms with Crippen LogP contribution in [0.3, 0.4) is 0 Å². The van der Waals surface area contributed by atoms with Gasteiger partial charge in [0.2, 0.25) is 5.91 Å². The standard InChI is InChI=1S/C17H25NO3/c19-16(13-17(20)9-3-4-10-17)18-11-5-1-2-7-14(18)15-8-6-12-21-15/h6,8,12,14,20H,1-5,7,9-11,13H2. The van der Waals surface area contributed by atoms with E-state index in [1.54, 1.807) is 6.26 Å². The Labute approximate surface area is 126 Å². The largest absolute Gasteiger partial charge is 0.467 e. The highest BCUT2D eigenvalue weighted by Gasteiger charge is 2.37. The van der Waals surface area contributed by atoms with Gasteiger partial charge in [0, 0.05) is 6.54 Å². The van der Waals surface area contributed by atoms with Crippen molar-refractivity contribution in [3.05, 3.63) is 24.2 Å². The van der Waals surface area contributed by atoms with E-state index in [-0.39, 0.29) is 18.4 Å². The number of likely N-dealkylation sites (tertiary alicyclic amines) is 1. The van der Waals surface area contributed by atoms with E-state index in [0.29, 0.717) is 0 Å². The molecule has 1 atom stereocenters. The predicted molar refractivity (Wildman–Crippen MR) is 79.7 cm³/mol. The van der Waals surface area contributed by atoms with E-state index in [1.165, 1.54) is 0 Å². The first kappa shape index (κ1) is 14.6. The SMILES string of the molecule is O=C(CC1(O)CCCC1)N1CCCCCC1c1ccco1. The number of furan rings is 1. The molecule has 4 nitrogen and oxygen atoms in total. The van der Waals surface area contributed by atoms with Gasteiger partial charge in [-0.1, -0.05) is 25.7 Å². The van der Waals surface area contributed by atoms with Gasteiger partial charge in [0.05, 0.1) is 24.3 Å². The zero-order valence-corrected chi connectivity index (χ0v) is 12.6. The van der Waals surface area contributed by atoms with Gasteiger partial charge in [-0.25, -0.2) is 0 Å². The van der Waals surface area contributed by atoms with Crippen molar-refractivity contribution in [2.75, 3.05) is 6.54 Å². The molecule has 0 spiro atoms. The molecular formula is C17H25NO3. The van der Waals surface area contributed by atoms with Crippen LogP contribution in [0.15, 0.2) is 22.8 Å². The summed E-state index contributed by atoms with van der Waals surface area (Å²) in [5, 5.41) is 10.5. The molecule has 1 N–H and O–H groups in total. The Morgan fingerprint density at radius 1 is 1.29 bits per heavy atom. The van der Waals surface area contributed by atoms with Gasteiger partial charge >= 0.3 is 0 Å². The van der Waals surface area contributed by atoms with Gasteiger partial charge in [0.25, 0.3) is 0 Å². The van der Waals surface area contributed by atoms with Crippen LogP contribution in [0.5, 0.6) is 0 Å². The Kier molecular flexibility index (Phi) is 4.34. The first-order chi connectivity index (χ1) is 10.2. The van der Waals surface area contributed by atoms with E-state index in [9.17, 15) is 9.90 Å². The lowest BCUT2D eigenvalue weighted by molar-refractivity contribution is -0.139.